The summed E-state index contributed by atoms with van der Waals surface area (Å²) in [5, 5.41) is 18.4. The predicted octanol–water partition coefficient (Wildman–Crippen LogP) is 2.47. The van der Waals surface area contributed by atoms with Crippen LogP contribution in [0.25, 0.3) is 0 Å². The topological polar surface area (TPSA) is 64.3 Å². The van der Waals surface area contributed by atoms with E-state index in [2.05, 4.69) is 6.07 Å². The fraction of sp³-hybridized carbons (Fsp3) is 0.125. The van der Waals surface area contributed by atoms with Crippen molar-refractivity contribution in [1.29, 1.82) is 5.26 Å². The number of hydrogen-bond donors (Lipinski definition) is 1. The molecule has 0 unspecified atom stereocenters. The fourth-order valence-corrected chi connectivity index (χ4v) is 1.95. The number of nitriles is 1. The highest BCUT2D eigenvalue weighted by molar-refractivity contribution is 5.95. The molecule has 0 aromatic heterocycles. The van der Waals surface area contributed by atoms with Crippen molar-refractivity contribution in [1.82, 2.24) is 0 Å². The van der Waals surface area contributed by atoms with Gasteiger partial charge in [-0.2, -0.15) is 5.26 Å². The van der Waals surface area contributed by atoms with Crippen molar-refractivity contribution in [2.45, 2.75) is 6.42 Å². The molecule has 0 heterocycles. The summed E-state index contributed by atoms with van der Waals surface area (Å²) in [7, 11) is 1.64. The lowest BCUT2D eigenvalue weighted by molar-refractivity contribution is -0.117. The zero-order chi connectivity index (χ0) is 14.5. The van der Waals surface area contributed by atoms with Crippen molar-refractivity contribution in [2.24, 2.45) is 0 Å². The summed E-state index contributed by atoms with van der Waals surface area (Å²) in [4.78, 5) is 13.7. The minimum absolute atomic E-state index is 0.135. The highest BCUT2D eigenvalue weighted by atomic mass is 16.3. The van der Waals surface area contributed by atoms with Gasteiger partial charge in [-0.25, -0.2) is 0 Å². The number of hydrogen-bond acceptors (Lipinski definition) is 3. The van der Waals surface area contributed by atoms with Crippen LogP contribution in [0.2, 0.25) is 0 Å². The lowest BCUT2D eigenvalue weighted by Crippen LogP contribution is -2.28. The molecule has 0 fully saturated rings. The summed E-state index contributed by atoms with van der Waals surface area (Å²) < 4.78 is 0. The van der Waals surface area contributed by atoms with Gasteiger partial charge < -0.3 is 10.0 Å². The summed E-state index contributed by atoms with van der Waals surface area (Å²) in [5.41, 5.74) is 1.77. The number of rotatable bonds is 3. The van der Waals surface area contributed by atoms with Crippen LogP contribution in [0.5, 0.6) is 5.75 Å². The third-order valence-corrected chi connectivity index (χ3v) is 3.03. The first-order chi connectivity index (χ1) is 9.61. The summed E-state index contributed by atoms with van der Waals surface area (Å²) >= 11 is 0. The Labute approximate surface area is 117 Å². The molecular weight excluding hydrogens is 252 g/mol. The van der Waals surface area contributed by atoms with Crippen LogP contribution in [0.15, 0.2) is 48.5 Å². The number of likely N-dealkylation sites (N-methyl/N-ethyl adjacent to an activating group) is 1. The Hall–Kier alpha value is -2.80. The number of phenols is 1. The zero-order valence-corrected chi connectivity index (χ0v) is 11.1. The first-order valence-electron chi connectivity index (χ1n) is 6.15. The molecule has 2 aromatic carbocycles. The van der Waals surface area contributed by atoms with Gasteiger partial charge in [0, 0.05) is 7.05 Å². The highest BCUT2D eigenvalue weighted by Gasteiger charge is 2.14. The van der Waals surface area contributed by atoms with Crippen LogP contribution >= 0.6 is 0 Å². The van der Waals surface area contributed by atoms with E-state index in [1.54, 1.807) is 55.6 Å². The Bertz CT molecular complexity index is 674. The quantitative estimate of drug-likeness (QED) is 0.928. The average Bonchev–Trinajstić information content (AvgIpc) is 2.46. The number of nitrogens with zero attached hydrogens (tertiary/aromatic N) is 2. The fourth-order valence-electron chi connectivity index (χ4n) is 1.95. The maximum Gasteiger partial charge on any atom is 0.231 e. The number of carbonyl (C=O) groups excluding carboxylic acids is 1. The van der Waals surface area contributed by atoms with Crippen molar-refractivity contribution < 1.29 is 9.90 Å². The van der Waals surface area contributed by atoms with Crippen LogP contribution in [0, 0.1) is 11.3 Å². The second-order valence-electron chi connectivity index (χ2n) is 4.43. The van der Waals surface area contributed by atoms with Crippen molar-refractivity contribution in [3.8, 4) is 11.8 Å². The van der Waals surface area contributed by atoms with Crippen LogP contribution in [0.1, 0.15) is 11.1 Å². The van der Waals surface area contributed by atoms with E-state index in [0.717, 1.165) is 5.56 Å². The zero-order valence-electron chi connectivity index (χ0n) is 11.1. The van der Waals surface area contributed by atoms with E-state index < -0.39 is 0 Å². The van der Waals surface area contributed by atoms with Crippen LogP contribution in [-0.2, 0) is 11.2 Å². The standard InChI is InChI=1S/C16H14N2O2/c1-18(15-8-3-2-6-13(15)11-17)16(20)10-12-5-4-7-14(19)9-12/h2-9,19H,10H2,1H3. The summed E-state index contributed by atoms with van der Waals surface area (Å²) in [6.07, 6.45) is 0.171. The molecule has 0 spiro atoms. The van der Waals surface area contributed by atoms with E-state index in [0.29, 0.717) is 11.3 Å². The van der Waals surface area contributed by atoms with Gasteiger partial charge in [-0.1, -0.05) is 24.3 Å². The summed E-state index contributed by atoms with van der Waals surface area (Å²) in [6.45, 7) is 0. The maximum atomic E-state index is 12.2. The van der Waals surface area contributed by atoms with Crippen LogP contribution in [0.3, 0.4) is 0 Å². The molecule has 2 aromatic rings. The van der Waals surface area contributed by atoms with Gasteiger partial charge >= 0.3 is 0 Å². The molecule has 2 rings (SSSR count). The number of phenolic OH excluding ortho intramolecular Hbond substituents is 1. The normalized spacial score (nSPS) is 9.80. The third-order valence-electron chi connectivity index (χ3n) is 3.03. The van der Waals surface area contributed by atoms with Crippen molar-refractivity contribution in [3.05, 3.63) is 59.7 Å². The molecule has 0 atom stereocenters. The molecule has 4 nitrogen and oxygen atoms in total. The lowest BCUT2D eigenvalue weighted by Gasteiger charge is -2.18. The van der Waals surface area contributed by atoms with E-state index in [1.807, 2.05) is 0 Å². The highest BCUT2D eigenvalue weighted by Crippen LogP contribution is 2.19. The Morgan fingerprint density at radius 3 is 2.70 bits per heavy atom. The minimum Gasteiger partial charge on any atom is -0.508 e. The average molecular weight is 266 g/mol. The van der Waals surface area contributed by atoms with E-state index in [4.69, 9.17) is 5.26 Å². The molecule has 0 aliphatic rings. The van der Waals surface area contributed by atoms with Gasteiger partial charge in [-0.3, -0.25) is 4.79 Å². The van der Waals surface area contributed by atoms with E-state index in [-0.39, 0.29) is 18.1 Å². The van der Waals surface area contributed by atoms with E-state index in [9.17, 15) is 9.90 Å². The number of anilines is 1. The van der Waals surface area contributed by atoms with Gasteiger partial charge in [0.15, 0.2) is 0 Å². The summed E-state index contributed by atoms with van der Waals surface area (Å²) in [6, 6.07) is 15.6. The van der Waals surface area contributed by atoms with E-state index in [1.165, 1.54) is 4.90 Å². The number of para-hydroxylation sites is 1. The van der Waals surface area contributed by atoms with Gasteiger partial charge in [0.25, 0.3) is 0 Å². The number of benzene rings is 2. The SMILES string of the molecule is CN(C(=O)Cc1cccc(O)c1)c1ccccc1C#N. The Kier molecular flexibility index (Phi) is 4.02. The van der Waals surface area contributed by atoms with Crippen molar-refractivity contribution in [2.75, 3.05) is 11.9 Å². The maximum absolute atomic E-state index is 12.2. The predicted molar refractivity (Wildman–Crippen MR) is 76.4 cm³/mol. The van der Waals surface area contributed by atoms with Crippen LogP contribution in [-0.4, -0.2) is 18.1 Å². The van der Waals surface area contributed by atoms with Gasteiger partial charge in [-0.15, -0.1) is 0 Å². The van der Waals surface area contributed by atoms with Crippen LogP contribution < -0.4 is 4.90 Å². The van der Waals surface area contributed by atoms with Crippen molar-refractivity contribution in [3.63, 3.8) is 0 Å². The van der Waals surface area contributed by atoms with Crippen LogP contribution in [0.4, 0.5) is 5.69 Å². The molecule has 4 heteroatoms. The second kappa shape index (κ2) is 5.89. The Morgan fingerprint density at radius 1 is 1.25 bits per heavy atom. The molecule has 0 saturated carbocycles. The molecule has 0 aliphatic carbocycles. The van der Waals surface area contributed by atoms with Crippen molar-refractivity contribution >= 4 is 11.6 Å². The molecule has 0 bridgehead atoms. The van der Waals surface area contributed by atoms with Gasteiger partial charge in [-0.05, 0) is 29.8 Å². The lowest BCUT2D eigenvalue weighted by atomic mass is 10.1. The first-order valence-corrected chi connectivity index (χ1v) is 6.15. The van der Waals surface area contributed by atoms with Gasteiger partial charge in [0.2, 0.25) is 5.91 Å². The molecule has 0 saturated heterocycles. The van der Waals surface area contributed by atoms with Gasteiger partial charge in [0.05, 0.1) is 17.7 Å². The molecule has 20 heavy (non-hydrogen) atoms. The monoisotopic (exact) mass is 266 g/mol. The second-order valence-corrected chi connectivity index (χ2v) is 4.43. The molecule has 1 amide bonds. The number of amides is 1. The molecular formula is C16H14N2O2. The molecule has 0 radical (unpaired) electrons. The summed E-state index contributed by atoms with van der Waals surface area (Å²) in [5.74, 6) is -0.00585. The first kappa shape index (κ1) is 13.6. The third kappa shape index (κ3) is 2.96. The Morgan fingerprint density at radius 2 is 2.00 bits per heavy atom. The molecule has 1 N–H and O–H groups in total. The molecule has 100 valence electrons. The number of aromatic hydroxyl groups is 1. The largest absolute Gasteiger partial charge is 0.508 e. The van der Waals surface area contributed by atoms with E-state index >= 15 is 0 Å². The van der Waals surface area contributed by atoms with Gasteiger partial charge in [0.1, 0.15) is 11.8 Å². The number of carbonyl (C=O) groups is 1. The smallest absolute Gasteiger partial charge is 0.231 e. The minimum atomic E-state index is -0.140. The Balaban J connectivity index is 2.19. The molecule has 0 aliphatic heterocycles.